The third kappa shape index (κ3) is 2.28. The zero-order chi connectivity index (χ0) is 16.7. The molecule has 2 nitrogen and oxygen atoms in total. The summed E-state index contributed by atoms with van der Waals surface area (Å²) in [6, 6.07) is 12.4. The smallest absolute Gasteiger partial charge is 0.125 e. The van der Waals surface area contributed by atoms with Crippen LogP contribution in [0.3, 0.4) is 0 Å². The van der Waals surface area contributed by atoms with Gasteiger partial charge in [0, 0.05) is 11.1 Å². The minimum Gasteiger partial charge on any atom is -0.260 e. The van der Waals surface area contributed by atoms with Crippen molar-refractivity contribution < 1.29 is 4.39 Å². The molecule has 1 unspecified atom stereocenters. The van der Waals surface area contributed by atoms with E-state index in [1.807, 2.05) is 24.4 Å². The van der Waals surface area contributed by atoms with Crippen LogP contribution in [0.5, 0.6) is 0 Å². The SMILES string of the molecule is N#Cc1cc(F)cc(-c2ccc3c(c2)C2(C=N3)CCCCC2=S)c1. The van der Waals surface area contributed by atoms with Gasteiger partial charge in [-0.3, -0.25) is 4.99 Å². The van der Waals surface area contributed by atoms with Gasteiger partial charge < -0.3 is 0 Å². The third-order valence-corrected chi connectivity index (χ3v) is 5.55. The molecule has 2 aromatic rings. The van der Waals surface area contributed by atoms with E-state index in [0.717, 1.165) is 47.4 Å². The molecule has 118 valence electrons. The molecule has 0 bridgehead atoms. The van der Waals surface area contributed by atoms with Gasteiger partial charge in [-0.25, -0.2) is 4.39 Å². The lowest BCUT2D eigenvalue weighted by atomic mass is 9.70. The van der Waals surface area contributed by atoms with Gasteiger partial charge in [0.25, 0.3) is 0 Å². The van der Waals surface area contributed by atoms with Gasteiger partial charge in [-0.15, -0.1) is 0 Å². The lowest BCUT2D eigenvalue weighted by Gasteiger charge is -2.33. The minimum atomic E-state index is -0.399. The Hall–Kier alpha value is -2.38. The van der Waals surface area contributed by atoms with Crippen molar-refractivity contribution in [2.24, 2.45) is 4.99 Å². The van der Waals surface area contributed by atoms with E-state index in [-0.39, 0.29) is 5.41 Å². The van der Waals surface area contributed by atoms with Crippen LogP contribution in [-0.4, -0.2) is 11.1 Å². The molecule has 0 amide bonds. The Morgan fingerprint density at radius 3 is 2.79 bits per heavy atom. The molecule has 2 aliphatic rings. The highest BCUT2D eigenvalue weighted by atomic mass is 32.1. The Bertz CT molecular complexity index is 926. The molecule has 1 aliphatic carbocycles. The first-order valence-corrected chi connectivity index (χ1v) is 8.47. The van der Waals surface area contributed by atoms with E-state index < -0.39 is 5.82 Å². The van der Waals surface area contributed by atoms with Crippen LogP contribution >= 0.6 is 12.2 Å². The number of thiocarbonyl (C=S) groups is 1. The maximum absolute atomic E-state index is 13.8. The van der Waals surface area contributed by atoms with Crippen molar-refractivity contribution in [2.75, 3.05) is 0 Å². The highest BCUT2D eigenvalue weighted by Gasteiger charge is 2.41. The average molecular weight is 334 g/mol. The molecule has 1 atom stereocenters. The van der Waals surface area contributed by atoms with E-state index in [9.17, 15) is 4.39 Å². The van der Waals surface area contributed by atoms with E-state index >= 15 is 0 Å². The summed E-state index contributed by atoms with van der Waals surface area (Å²) in [7, 11) is 0. The summed E-state index contributed by atoms with van der Waals surface area (Å²) >= 11 is 5.68. The molecule has 0 radical (unpaired) electrons. The summed E-state index contributed by atoms with van der Waals surface area (Å²) in [4.78, 5) is 5.62. The van der Waals surface area contributed by atoms with E-state index in [0.29, 0.717) is 11.1 Å². The lowest BCUT2D eigenvalue weighted by molar-refractivity contribution is 0.575. The zero-order valence-corrected chi connectivity index (χ0v) is 13.9. The Morgan fingerprint density at radius 1 is 1.12 bits per heavy atom. The van der Waals surface area contributed by atoms with Crippen LogP contribution in [-0.2, 0) is 5.41 Å². The van der Waals surface area contributed by atoms with Gasteiger partial charge in [0.2, 0.25) is 0 Å². The number of rotatable bonds is 1. The number of aliphatic imine (C=N–C) groups is 1. The molecule has 1 saturated carbocycles. The van der Waals surface area contributed by atoms with Crippen molar-refractivity contribution in [3.05, 3.63) is 53.3 Å². The number of benzene rings is 2. The van der Waals surface area contributed by atoms with Gasteiger partial charge >= 0.3 is 0 Å². The average Bonchev–Trinajstić information content (AvgIpc) is 2.96. The molecule has 1 heterocycles. The van der Waals surface area contributed by atoms with Crippen molar-refractivity contribution >= 4 is 29.0 Å². The molecule has 0 saturated heterocycles. The third-order valence-electron chi connectivity index (χ3n) is 4.98. The van der Waals surface area contributed by atoms with Crippen LogP contribution in [0.25, 0.3) is 11.1 Å². The predicted molar refractivity (Wildman–Crippen MR) is 97.4 cm³/mol. The molecule has 1 aliphatic heterocycles. The van der Waals surface area contributed by atoms with Crippen molar-refractivity contribution in [1.29, 1.82) is 5.26 Å². The van der Waals surface area contributed by atoms with Gasteiger partial charge in [0.05, 0.1) is 22.7 Å². The summed E-state index contributed by atoms with van der Waals surface area (Å²) in [5.41, 5.74) is 3.74. The molecule has 1 spiro atoms. The monoisotopic (exact) mass is 334 g/mol. The second-order valence-corrected chi connectivity index (χ2v) is 6.92. The van der Waals surface area contributed by atoms with Gasteiger partial charge in [-0.05, 0) is 66.3 Å². The molecular formula is C20H15FN2S. The van der Waals surface area contributed by atoms with Gasteiger partial charge in [-0.2, -0.15) is 5.26 Å². The van der Waals surface area contributed by atoms with Crippen LogP contribution < -0.4 is 0 Å². The molecule has 0 aromatic heterocycles. The summed E-state index contributed by atoms with van der Waals surface area (Å²) in [6.45, 7) is 0. The van der Waals surface area contributed by atoms with Crippen LogP contribution in [0.15, 0.2) is 41.4 Å². The fourth-order valence-corrected chi connectivity index (χ4v) is 4.14. The first-order valence-electron chi connectivity index (χ1n) is 8.06. The number of hydrogen-bond acceptors (Lipinski definition) is 3. The van der Waals surface area contributed by atoms with Crippen LogP contribution in [0, 0.1) is 17.1 Å². The fraction of sp³-hybridized carbons (Fsp3) is 0.250. The first kappa shape index (κ1) is 15.2. The lowest BCUT2D eigenvalue weighted by Crippen LogP contribution is -2.37. The van der Waals surface area contributed by atoms with Crippen molar-refractivity contribution in [3.63, 3.8) is 0 Å². The van der Waals surface area contributed by atoms with E-state index in [1.54, 1.807) is 6.07 Å². The maximum Gasteiger partial charge on any atom is 0.125 e. The van der Waals surface area contributed by atoms with Gasteiger partial charge in [0.15, 0.2) is 0 Å². The number of hydrogen-bond donors (Lipinski definition) is 0. The predicted octanol–water partition coefficient (Wildman–Crippen LogP) is 5.26. The quantitative estimate of drug-likeness (QED) is 0.667. The Morgan fingerprint density at radius 2 is 2.00 bits per heavy atom. The first-order chi connectivity index (χ1) is 11.6. The highest BCUT2D eigenvalue weighted by molar-refractivity contribution is 7.80. The molecular weight excluding hydrogens is 319 g/mol. The van der Waals surface area contributed by atoms with E-state index in [2.05, 4.69) is 11.1 Å². The molecule has 1 fully saturated rings. The summed E-state index contributed by atoms with van der Waals surface area (Å²) in [5.74, 6) is -0.399. The van der Waals surface area contributed by atoms with Crippen molar-refractivity contribution in [3.8, 4) is 17.2 Å². The second kappa shape index (κ2) is 5.61. The minimum absolute atomic E-state index is 0.246. The molecule has 4 heteroatoms. The number of fused-ring (bicyclic) bond motifs is 2. The standard InChI is InChI=1S/C20H15FN2S/c21-16-8-13(11-22)7-15(9-16)14-4-5-18-17(10-14)20(12-23-18)6-2-1-3-19(20)24/h4-5,7-10,12H,1-3,6H2. The Labute approximate surface area is 145 Å². The van der Waals surface area contributed by atoms with Crippen LogP contribution in [0.4, 0.5) is 10.1 Å². The summed E-state index contributed by atoms with van der Waals surface area (Å²) < 4.78 is 13.8. The summed E-state index contributed by atoms with van der Waals surface area (Å²) in [5, 5.41) is 9.07. The number of nitrogens with zero attached hydrogens (tertiary/aromatic N) is 2. The summed E-state index contributed by atoms with van der Waals surface area (Å²) in [6.07, 6.45) is 6.20. The maximum atomic E-state index is 13.8. The van der Waals surface area contributed by atoms with Gasteiger partial charge in [0.1, 0.15) is 5.82 Å². The fourth-order valence-electron chi connectivity index (χ4n) is 3.73. The Kier molecular flexibility index (Phi) is 3.54. The largest absolute Gasteiger partial charge is 0.260 e. The topological polar surface area (TPSA) is 36.1 Å². The number of halogens is 1. The molecule has 0 N–H and O–H groups in total. The van der Waals surface area contributed by atoms with E-state index in [1.165, 1.54) is 12.1 Å². The van der Waals surface area contributed by atoms with Gasteiger partial charge in [-0.1, -0.05) is 24.7 Å². The zero-order valence-electron chi connectivity index (χ0n) is 13.1. The normalized spacial score (nSPS) is 21.8. The van der Waals surface area contributed by atoms with E-state index in [4.69, 9.17) is 17.5 Å². The van der Waals surface area contributed by atoms with Crippen molar-refractivity contribution in [2.45, 2.75) is 31.1 Å². The van der Waals surface area contributed by atoms with Crippen LogP contribution in [0.2, 0.25) is 0 Å². The Balaban J connectivity index is 1.84. The number of nitriles is 1. The van der Waals surface area contributed by atoms with Crippen molar-refractivity contribution in [1.82, 2.24) is 0 Å². The molecule has 2 aromatic carbocycles. The highest BCUT2D eigenvalue weighted by Crippen LogP contribution is 2.46. The van der Waals surface area contributed by atoms with Crippen LogP contribution in [0.1, 0.15) is 36.8 Å². The second-order valence-electron chi connectivity index (χ2n) is 6.43. The molecule has 4 rings (SSSR count). The molecule has 24 heavy (non-hydrogen) atoms.